The van der Waals surface area contributed by atoms with Gasteiger partial charge in [-0.15, -0.1) is 0 Å². The van der Waals surface area contributed by atoms with Crippen molar-refractivity contribution >= 4 is 39.1 Å². The minimum Gasteiger partial charge on any atom is -0.493 e. The van der Waals surface area contributed by atoms with Crippen molar-refractivity contribution < 1.29 is 27.5 Å². The summed E-state index contributed by atoms with van der Waals surface area (Å²) in [5.41, 5.74) is 2.71. The van der Waals surface area contributed by atoms with Crippen LogP contribution in [-0.4, -0.2) is 58.0 Å². The van der Waals surface area contributed by atoms with E-state index in [0.29, 0.717) is 16.5 Å². The van der Waals surface area contributed by atoms with Crippen molar-refractivity contribution in [3.05, 3.63) is 82.4 Å². The molecule has 9 nitrogen and oxygen atoms in total. The van der Waals surface area contributed by atoms with E-state index in [0.717, 1.165) is 21.0 Å². The Morgan fingerprint density at radius 2 is 1.48 bits per heavy atom. The zero-order valence-electron chi connectivity index (χ0n) is 25.0. The van der Waals surface area contributed by atoms with Crippen LogP contribution in [-0.2, 0) is 26.2 Å². The molecule has 0 spiro atoms. The van der Waals surface area contributed by atoms with Crippen molar-refractivity contribution in [3.63, 3.8) is 0 Å². The summed E-state index contributed by atoms with van der Waals surface area (Å²) in [5.74, 6) is -0.314. The van der Waals surface area contributed by atoms with Crippen LogP contribution < -0.4 is 19.1 Å². The summed E-state index contributed by atoms with van der Waals surface area (Å²) >= 11 is 6.06. The molecule has 0 unspecified atom stereocenters. The normalized spacial score (nSPS) is 12.0. The topological polar surface area (TPSA) is 105 Å². The summed E-state index contributed by atoms with van der Waals surface area (Å²) in [7, 11) is -1.41. The first-order valence-corrected chi connectivity index (χ1v) is 15.3. The number of hydrogen-bond donors (Lipinski definition) is 1. The number of nitrogens with zero attached hydrogens (tertiary/aromatic N) is 2. The maximum absolute atomic E-state index is 14.2. The van der Waals surface area contributed by atoms with Gasteiger partial charge in [-0.1, -0.05) is 29.8 Å². The standard InChI is InChI=1S/C31H38ClN3O6S/c1-20(2)33-31(37)23(5)34(18-24-8-10-25(32)11-9-24)30(36)19-35(26-15-21(3)14-22(4)16-26)42(38,39)27-12-13-28(40-6)29(17-27)41-7/h8-17,20,23H,18-19H2,1-7H3,(H,33,37)/t23-/m1/s1. The van der Waals surface area contributed by atoms with E-state index in [-0.39, 0.29) is 29.1 Å². The summed E-state index contributed by atoms with van der Waals surface area (Å²) in [6, 6.07) is 15.5. The number of aryl methyl sites for hydroxylation is 2. The summed E-state index contributed by atoms with van der Waals surface area (Å²) in [6.07, 6.45) is 0. The van der Waals surface area contributed by atoms with Gasteiger partial charge in [0.1, 0.15) is 12.6 Å². The van der Waals surface area contributed by atoms with Crippen molar-refractivity contribution in [2.75, 3.05) is 25.1 Å². The Kier molecular flexibility index (Phi) is 10.9. The van der Waals surface area contributed by atoms with Crippen molar-refractivity contribution in [3.8, 4) is 11.5 Å². The van der Waals surface area contributed by atoms with Crippen molar-refractivity contribution in [2.24, 2.45) is 0 Å². The Labute approximate surface area is 253 Å². The van der Waals surface area contributed by atoms with E-state index in [2.05, 4.69) is 5.32 Å². The van der Waals surface area contributed by atoms with Crippen LogP contribution in [0.25, 0.3) is 0 Å². The average Bonchev–Trinajstić information content (AvgIpc) is 2.93. The number of hydrogen-bond acceptors (Lipinski definition) is 6. The van der Waals surface area contributed by atoms with Gasteiger partial charge in [0.2, 0.25) is 11.8 Å². The van der Waals surface area contributed by atoms with E-state index in [1.165, 1.54) is 37.3 Å². The highest BCUT2D eigenvalue weighted by molar-refractivity contribution is 7.92. The summed E-state index contributed by atoms with van der Waals surface area (Å²) < 4.78 is 40.1. The molecule has 0 aliphatic carbocycles. The van der Waals surface area contributed by atoms with Gasteiger partial charge in [-0.3, -0.25) is 13.9 Å². The monoisotopic (exact) mass is 615 g/mol. The molecule has 2 amide bonds. The molecule has 0 fully saturated rings. The fraction of sp³-hybridized carbons (Fsp3) is 0.355. The fourth-order valence-electron chi connectivity index (χ4n) is 4.50. The third-order valence-corrected chi connectivity index (χ3v) is 8.60. The molecule has 1 atom stereocenters. The lowest BCUT2D eigenvalue weighted by Crippen LogP contribution is -2.52. The Bertz CT molecular complexity index is 1510. The number of carbonyl (C=O) groups excluding carboxylic acids is 2. The number of carbonyl (C=O) groups is 2. The molecular formula is C31H38ClN3O6S. The number of nitrogens with one attached hydrogen (secondary N) is 1. The highest BCUT2D eigenvalue weighted by atomic mass is 35.5. The van der Waals surface area contributed by atoms with Crippen LogP contribution in [0.5, 0.6) is 11.5 Å². The Morgan fingerprint density at radius 1 is 0.881 bits per heavy atom. The summed E-state index contributed by atoms with van der Waals surface area (Å²) in [6.45, 7) is 8.50. The molecule has 11 heteroatoms. The van der Waals surface area contributed by atoms with Crippen molar-refractivity contribution in [1.29, 1.82) is 0 Å². The van der Waals surface area contributed by atoms with Gasteiger partial charge in [-0.2, -0.15) is 0 Å². The molecule has 0 aliphatic heterocycles. The van der Waals surface area contributed by atoms with Gasteiger partial charge >= 0.3 is 0 Å². The first kappa shape index (κ1) is 32.8. The van der Waals surface area contributed by atoms with E-state index in [4.69, 9.17) is 21.1 Å². The SMILES string of the molecule is COc1ccc(S(=O)(=O)N(CC(=O)N(Cc2ccc(Cl)cc2)[C@H](C)C(=O)NC(C)C)c2cc(C)cc(C)c2)cc1OC. The van der Waals surface area contributed by atoms with Gasteiger partial charge in [0.15, 0.2) is 11.5 Å². The first-order chi connectivity index (χ1) is 19.8. The largest absolute Gasteiger partial charge is 0.493 e. The zero-order valence-corrected chi connectivity index (χ0v) is 26.5. The molecule has 1 N–H and O–H groups in total. The molecule has 0 aromatic heterocycles. The van der Waals surface area contributed by atoms with Crippen LogP contribution >= 0.6 is 11.6 Å². The molecule has 0 radical (unpaired) electrons. The number of anilines is 1. The van der Waals surface area contributed by atoms with E-state index in [1.807, 2.05) is 33.8 Å². The molecule has 3 rings (SSSR count). The zero-order chi connectivity index (χ0) is 31.2. The van der Waals surface area contributed by atoms with Gasteiger partial charge in [-0.05, 0) is 87.7 Å². The molecule has 42 heavy (non-hydrogen) atoms. The second-order valence-electron chi connectivity index (χ2n) is 10.4. The second kappa shape index (κ2) is 13.9. The number of benzene rings is 3. The molecule has 0 bridgehead atoms. The number of rotatable bonds is 12. The van der Waals surface area contributed by atoms with Gasteiger partial charge < -0.3 is 19.7 Å². The Balaban J connectivity index is 2.10. The quantitative estimate of drug-likeness (QED) is 0.304. The predicted molar refractivity (Wildman–Crippen MR) is 165 cm³/mol. The minimum atomic E-state index is -4.28. The smallest absolute Gasteiger partial charge is 0.264 e. The number of ether oxygens (including phenoxy) is 2. The van der Waals surface area contributed by atoms with Gasteiger partial charge in [-0.25, -0.2) is 8.42 Å². The maximum atomic E-state index is 14.2. The lowest BCUT2D eigenvalue weighted by atomic mass is 10.1. The molecule has 0 aliphatic rings. The van der Waals surface area contributed by atoms with Crippen LogP contribution in [0.3, 0.4) is 0 Å². The van der Waals surface area contributed by atoms with Crippen LogP contribution in [0, 0.1) is 13.8 Å². The molecule has 0 saturated carbocycles. The van der Waals surface area contributed by atoms with E-state index in [1.54, 1.807) is 43.3 Å². The van der Waals surface area contributed by atoms with Gasteiger partial charge in [0, 0.05) is 23.7 Å². The van der Waals surface area contributed by atoms with Gasteiger partial charge in [0.05, 0.1) is 24.8 Å². The molecule has 0 heterocycles. The Hall–Kier alpha value is -3.76. The lowest BCUT2D eigenvalue weighted by Gasteiger charge is -2.32. The molecule has 0 saturated heterocycles. The van der Waals surface area contributed by atoms with Crippen LogP contribution in [0.15, 0.2) is 65.6 Å². The number of methoxy groups -OCH3 is 2. The minimum absolute atomic E-state index is 0.0692. The predicted octanol–water partition coefficient (Wildman–Crippen LogP) is 5.11. The molecular weight excluding hydrogens is 578 g/mol. The van der Waals surface area contributed by atoms with Crippen LogP contribution in [0.1, 0.15) is 37.5 Å². The molecule has 226 valence electrons. The van der Waals surface area contributed by atoms with Gasteiger partial charge in [0.25, 0.3) is 10.0 Å². The van der Waals surface area contributed by atoms with Crippen LogP contribution in [0.4, 0.5) is 5.69 Å². The lowest BCUT2D eigenvalue weighted by molar-refractivity contribution is -0.139. The summed E-state index contributed by atoms with van der Waals surface area (Å²) in [4.78, 5) is 28.4. The third kappa shape index (κ3) is 7.95. The van der Waals surface area contributed by atoms with Crippen molar-refractivity contribution in [1.82, 2.24) is 10.2 Å². The highest BCUT2D eigenvalue weighted by Crippen LogP contribution is 2.33. The number of halogens is 1. The third-order valence-electron chi connectivity index (χ3n) is 6.58. The average molecular weight is 616 g/mol. The highest BCUT2D eigenvalue weighted by Gasteiger charge is 2.33. The van der Waals surface area contributed by atoms with Crippen molar-refractivity contribution in [2.45, 2.75) is 58.1 Å². The molecule has 3 aromatic rings. The Morgan fingerprint density at radius 3 is 2.02 bits per heavy atom. The number of amides is 2. The maximum Gasteiger partial charge on any atom is 0.264 e. The molecule has 3 aromatic carbocycles. The van der Waals surface area contributed by atoms with E-state index >= 15 is 0 Å². The summed E-state index contributed by atoms with van der Waals surface area (Å²) in [5, 5.41) is 3.37. The first-order valence-electron chi connectivity index (χ1n) is 13.4. The number of sulfonamides is 1. The fourth-order valence-corrected chi connectivity index (χ4v) is 6.04. The second-order valence-corrected chi connectivity index (χ2v) is 12.7. The van der Waals surface area contributed by atoms with Crippen LogP contribution in [0.2, 0.25) is 5.02 Å². The van der Waals surface area contributed by atoms with E-state index < -0.39 is 28.5 Å². The van der Waals surface area contributed by atoms with E-state index in [9.17, 15) is 18.0 Å².